The number of carbonyl (C=O) groups excluding carboxylic acids is 1. The van der Waals surface area contributed by atoms with Crippen molar-refractivity contribution in [2.75, 3.05) is 0 Å². The van der Waals surface area contributed by atoms with E-state index in [0.29, 0.717) is 0 Å². The zero-order chi connectivity index (χ0) is 12.1. The van der Waals surface area contributed by atoms with Gasteiger partial charge in [0, 0.05) is 17.5 Å². The summed E-state index contributed by atoms with van der Waals surface area (Å²) in [7, 11) is 0. The van der Waals surface area contributed by atoms with Gasteiger partial charge in [0.25, 0.3) is 5.69 Å². The standard InChI is InChI=1S/C13H13NO3/c15-9-13-6-12(7-13,8-13)5-10-2-1-3-11(4-10)14(16)17/h1-4,9H,5-8H2. The van der Waals surface area contributed by atoms with E-state index in [1.807, 2.05) is 6.07 Å². The van der Waals surface area contributed by atoms with Crippen molar-refractivity contribution in [3.05, 3.63) is 39.9 Å². The van der Waals surface area contributed by atoms with E-state index in [1.54, 1.807) is 12.1 Å². The maximum absolute atomic E-state index is 10.8. The van der Waals surface area contributed by atoms with Gasteiger partial charge >= 0.3 is 0 Å². The second kappa shape index (κ2) is 3.15. The van der Waals surface area contributed by atoms with E-state index in [9.17, 15) is 14.9 Å². The Morgan fingerprint density at radius 2 is 2.06 bits per heavy atom. The monoisotopic (exact) mass is 231 g/mol. The molecule has 0 saturated heterocycles. The van der Waals surface area contributed by atoms with Crippen molar-refractivity contribution in [1.29, 1.82) is 0 Å². The van der Waals surface area contributed by atoms with Crippen molar-refractivity contribution in [2.24, 2.45) is 10.8 Å². The molecule has 1 aromatic carbocycles. The molecule has 0 heterocycles. The first-order valence-electron chi connectivity index (χ1n) is 5.76. The number of benzene rings is 1. The SMILES string of the molecule is O=CC12CC(Cc3cccc([N+](=O)[O-])c3)(C1)C2. The molecule has 0 unspecified atom stereocenters. The molecule has 0 amide bonds. The average Bonchev–Trinajstić information content (AvgIpc) is 2.21. The largest absolute Gasteiger partial charge is 0.303 e. The normalized spacial score (nSPS) is 33.4. The molecule has 4 nitrogen and oxygen atoms in total. The first-order valence-corrected chi connectivity index (χ1v) is 5.76. The van der Waals surface area contributed by atoms with Crippen molar-refractivity contribution in [2.45, 2.75) is 25.7 Å². The Balaban J connectivity index is 1.73. The molecule has 0 spiro atoms. The Kier molecular flexibility index (Phi) is 1.94. The van der Waals surface area contributed by atoms with E-state index in [2.05, 4.69) is 0 Å². The van der Waals surface area contributed by atoms with Crippen LogP contribution in [0.15, 0.2) is 24.3 Å². The Bertz CT molecular complexity index is 489. The van der Waals surface area contributed by atoms with Gasteiger partial charge in [-0.2, -0.15) is 0 Å². The fraction of sp³-hybridized carbons (Fsp3) is 0.462. The number of hydrogen-bond donors (Lipinski definition) is 0. The van der Waals surface area contributed by atoms with Crippen LogP contribution < -0.4 is 0 Å². The molecule has 0 aliphatic heterocycles. The van der Waals surface area contributed by atoms with Crippen molar-refractivity contribution in [3.8, 4) is 0 Å². The molecule has 3 fully saturated rings. The molecule has 0 aromatic heterocycles. The second-order valence-electron chi connectivity index (χ2n) is 5.61. The molecule has 88 valence electrons. The molecule has 3 saturated carbocycles. The van der Waals surface area contributed by atoms with Gasteiger partial charge in [0.1, 0.15) is 6.29 Å². The third-order valence-electron chi connectivity index (χ3n) is 4.13. The highest BCUT2D eigenvalue weighted by Crippen LogP contribution is 2.73. The second-order valence-corrected chi connectivity index (χ2v) is 5.61. The molecule has 4 rings (SSSR count). The van der Waals surface area contributed by atoms with Crippen molar-refractivity contribution < 1.29 is 9.72 Å². The third-order valence-corrected chi connectivity index (χ3v) is 4.13. The molecule has 0 radical (unpaired) electrons. The predicted octanol–water partition coefficient (Wildman–Crippen LogP) is 2.51. The highest BCUT2D eigenvalue weighted by molar-refractivity contribution is 5.66. The lowest BCUT2D eigenvalue weighted by atomic mass is 9.34. The number of rotatable bonds is 4. The maximum Gasteiger partial charge on any atom is 0.269 e. The number of non-ortho nitro benzene ring substituents is 1. The zero-order valence-electron chi connectivity index (χ0n) is 9.39. The van der Waals surface area contributed by atoms with Crippen LogP contribution in [0.1, 0.15) is 24.8 Å². The average molecular weight is 231 g/mol. The highest BCUT2D eigenvalue weighted by atomic mass is 16.6. The van der Waals surface area contributed by atoms with Crippen molar-refractivity contribution >= 4 is 12.0 Å². The number of aldehydes is 1. The molecule has 0 atom stereocenters. The van der Waals surface area contributed by atoms with Crippen molar-refractivity contribution in [3.63, 3.8) is 0 Å². The summed E-state index contributed by atoms with van der Waals surface area (Å²) in [6.07, 6.45) is 4.84. The number of nitro benzene ring substituents is 1. The topological polar surface area (TPSA) is 60.2 Å². The van der Waals surface area contributed by atoms with E-state index in [4.69, 9.17) is 0 Å². The first-order chi connectivity index (χ1) is 8.06. The first kappa shape index (κ1) is 10.4. The van der Waals surface area contributed by atoms with Gasteiger partial charge in [-0.1, -0.05) is 12.1 Å². The summed E-state index contributed by atoms with van der Waals surface area (Å²) in [6.45, 7) is 0. The summed E-state index contributed by atoms with van der Waals surface area (Å²) in [5.41, 5.74) is 1.40. The fourth-order valence-corrected chi connectivity index (χ4v) is 3.61. The molecular weight excluding hydrogens is 218 g/mol. The quantitative estimate of drug-likeness (QED) is 0.454. The minimum absolute atomic E-state index is 0.0271. The van der Waals surface area contributed by atoms with Gasteiger partial charge in [0.15, 0.2) is 0 Å². The summed E-state index contributed by atoms with van der Waals surface area (Å²) >= 11 is 0. The van der Waals surface area contributed by atoms with Crippen LogP contribution in [0.25, 0.3) is 0 Å². The van der Waals surface area contributed by atoms with Crippen LogP contribution >= 0.6 is 0 Å². The minimum atomic E-state index is -0.363. The molecule has 3 aliphatic carbocycles. The van der Waals surface area contributed by atoms with Crippen LogP contribution in [0.3, 0.4) is 0 Å². The molecule has 17 heavy (non-hydrogen) atoms. The van der Waals surface area contributed by atoms with Crippen LogP contribution in [0.2, 0.25) is 0 Å². The van der Waals surface area contributed by atoms with Crippen LogP contribution in [-0.4, -0.2) is 11.2 Å². The number of hydrogen-bond acceptors (Lipinski definition) is 3. The highest BCUT2D eigenvalue weighted by Gasteiger charge is 2.67. The van der Waals surface area contributed by atoms with Gasteiger partial charge in [-0.05, 0) is 36.7 Å². The van der Waals surface area contributed by atoms with Gasteiger partial charge in [0.2, 0.25) is 0 Å². The van der Waals surface area contributed by atoms with Gasteiger partial charge in [-0.3, -0.25) is 10.1 Å². The van der Waals surface area contributed by atoms with Crippen LogP contribution in [0.4, 0.5) is 5.69 Å². The van der Waals surface area contributed by atoms with E-state index in [-0.39, 0.29) is 21.4 Å². The molecule has 3 aliphatic rings. The predicted molar refractivity (Wildman–Crippen MR) is 61.6 cm³/mol. The lowest BCUT2D eigenvalue weighted by molar-refractivity contribution is -0.384. The fourth-order valence-electron chi connectivity index (χ4n) is 3.61. The van der Waals surface area contributed by atoms with Gasteiger partial charge < -0.3 is 4.79 Å². The minimum Gasteiger partial charge on any atom is -0.303 e. The van der Waals surface area contributed by atoms with Crippen LogP contribution in [0, 0.1) is 20.9 Å². The van der Waals surface area contributed by atoms with Gasteiger partial charge in [-0.15, -0.1) is 0 Å². The van der Waals surface area contributed by atoms with E-state index in [1.165, 1.54) is 6.07 Å². The molecular formula is C13H13NO3. The maximum atomic E-state index is 10.8. The van der Waals surface area contributed by atoms with E-state index < -0.39 is 0 Å². The summed E-state index contributed by atoms with van der Waals surface area (Å²) in [6, 6.07) is 6.82. The van der Waals surface area contributed by atoms with Crippen LogP contribution in [-0.2, 0) is 11.2 Å². The Hall–Kier alpha value is -1.71. The smallest absolute Gasteiger partial charge is 0.269 e. The van der Waals surface area contributed by atoms with Gasteiger partial charge in [0.05, 0.1) is 4.92 Å². The molecule has 4 heteroatoms. The summed E-state index contributed by atoms with van der Waals surface area (Å²) in [5.74, 6) is 0. The van der Waals surface area contributed by atoms with Gasteiger partial charge in [-0.25, -0.2) is 0 Å². The molecule has 2 bridgehead atoms. The summed E-state index contributed by atoms with van der Waals surface area (Å²) in [4.78, 5) is 21.1. The lowest BCUT2D eigenvalue weighted by Gasteiger charge is -2.68. The Labute approximate surface area is 98.8 Å². The third kappa shape index (κ3) is 1.47. The summed E-state index contributed by atoms with van der Waals surface area (Å²) in [5, 5.41) is 10.7. The number of carbonyl (C=O) groups is 1. The number of nitrogens with zero attached hydrogens (tertiary/aromatic N) is 1. The Morgan fingerprint density at radius 1 is 1.35 bits per heavy atom. The molecule has 0 N–H and O–H groups in total. The van der Waals surface area contributed by atoms with Crippen molar-refractivity contribution in [1.82, 2.24) is 0 Å². The number of nitro groups is 1. The lowest BCUT2D eigenvalue weighted by Crippen LogP contribution is -2.63. The zero-order valence-corrected chi connectivity index (χ0v) is 9.39. The summed E-state index contributed by atoms with van der Waals surface area (Å²) < 4.78 is 0. The Morgan fingerprint density at radius 3 is 2.65 bits per heavy atom. The van der Waals surface area contributed by atoms with Crippen LogP contribution in [0.5, 0.6) is 0 Å². The van der Waals surface area contributed by atoms with E-state index >= 15 is 0 Å². The molecule has 1 aromatic rings. The van der Waals surface area contributed by atoms with E-state index in [0.717, 1.165) is 37.5 Å².